The van der Waals surface area contributed by atoms with Crippen LogP contribution >= 0.6 is 0 Å². The molecule has 0 unspecified atom stereocenters. The Bertz CT molecular complexity index is 433. The maximum Gasteiger partial charge on any atom is 0.241 e. The fourth-order valence-corrected chi connectivity index (χ4v) is 1.86. The first kappa shape index (κ1) is 15.2. The van der Waals surface area contributed by atoms with Gasteiger partial charge < -0.3 is 15.5 Å². The first-order valence-electron chi connectivity index (χ1n) is 6.55. The molecule has 19 heavy (non-hydrogen) atoms. The molecule has 1 amide bonds. The molecule has 0 aliphatic rings. The van der Waals surface area contributed by atoms with Crippen molar-refractivity contribution in [2.24, 2.45) is 0 Å². The number of nitrogens with zero attached hydrogens (tertiary/aromatic N) is 4. The third-order valence-corrected chi connectivity index (χ3v) is 2.93. The smallest absolute Gasteiger partial charge is 0.241 e. The van der Waals surface area contributed by atoms with Gasteiger partial charge in [0.2, 0.25) is 5.91 Å². The van der Waals surface area contributed by atoms with Gasteiger partial charge in [-0.15, -0.1) is 0 Å². The molecule has 0 atom stereocenters. The molecule has 0 bridgehead atoms. The van der Waals surface area contributed by atoms with Crippen LogP contribution in [-0.2, 0) is 11.2 Å². The summed E-state index contributed by atoms with van der Waals surface area (Å²) in [6.07, 6.45) is 3.14. The lowest BCUT2D eigenvalue weighted by Gasteiger charge is -2.26. The number of nitrogens with two attached hydrogens (primary N) is 1. The Kier molecular flexibility index (Phi) is 5.54. The van der Waals surface area contributed by atoms with Crippen LogP contribution in [0.3, 0.4) is 0 Å². The van der Waals surface area contributed by atoms with Gasteiger partial charge in [-0.3, -0.25) is 4.79 Å². The fourth-order valence-electron chi connectivity index (χ4n) is 1.86. The van der Waals surface area contributed by atoms with E-state index in [1.807, 2.05) is 11.8 Å². The van der Waals surface area contributed by atoms with Crippen LogP contribution in [0, 0.1) is 0 Å². The average molecular weight is 265 g/mol. The molecule has 0 aliphatic heterocycles. The number of carbonyl (C=O) groups is 1. The fraction of sp³-hybridized carbons (Fsp3) is 0.615. The molecule has 6 heteroatoms. The Morgan fingerprint density at radius 2 is 2.00 bits per heavy atom. The predicted octanol–water partition coefficient (Wildman–Crippen LogP) is 0.926. The molecule has 1 aromatic rings. The Morgan fingerprint density at radius 1 is 1.32 bits per heavy atom. The quantitative estimate of drug-likeness (QED) is 0.828. The molecule has 0 radical (unpaired) electrons. The molecule has 0 aliphatic carbocycles. The van der Waals surface area contributed by atoms with Crippen LogP contribution in [0.1, 0.15) is 25.8 Å². The monoisotopic (exact) mass is 265 g/mol. The van der Waals surface area contributed by atoms with E-state index in [1.54, 1.807) is 19.0 Å². The summed E-state index contributed by atoms with van der Waals surface area (Å²) in [5.74, 6) is 1.31. The van der Waals surface area contributed by atoms with Crippen molar-refractivity contribution in [1.29, 1.82) is 0 Å². The molecule has 0 aromatic carbocycles. The van der Waals surface area contributed by atoms with Gasteiger partial charge in [0.05, 0.1) is 6.54 Å². The van der Waals surface area contributed by atoms with Crippen LogP contribution in [0.25, 0.3) is 0 Å². The van der Waals surface area contributed by atoms with E-state index in [4.69, 9.17) is 5.73 Å². The van der Waals surface area contributed by atoms with Gasteiger partial charge >= 0.3 is 0 Å². The van der Waals surface area contributed by atoms with E-state index in [-0.39, 0.29) is 5.91 Å². The molecule has 1 heterocycles. The lowest BCUT2D eigenvalue weighted by molar-refractivity contribution is -0.127. The highest BCUT2D eigenvalue weighted by atomic mass is 16.2. The molecule has 0 saturated carbocycles. The number of amides is 1. The van der Waals surface area contributed by atoms with Crippen molar-refractivity contribution in [3.63, 3.8) is 0 Å². The van der Waals surface area contributed by atoms with Crippen LogP contribution in [0.15, 0.2) is 6.33 Å². The Labute approximate surface area is 114 Å². The van der Waals surface area contributed by atoms with Gasteiger partial charge in [0.25, 0.3) is 0 Å². The number of carbonyl (C=O) groups excluding carboxylic acids is 1. The first-order chi connectivity index (χ1) is 9.01. The maximum absolute atomic E-state index is 11.9. The highest BCUT2D eigenvalue weighted by Crippen LogP contribution is 2.22. The zero-order valence-electron chi connectivity index (χ0n) is 12.2. The van der Waals surface area contributed by atoms with Crippen LogP contribution in [0.5, 0.6) is 0 Å². The summed E-state index contributed by atoms with van der Waals surface area (Å²) in [5, 5.41) is 0. The van der Waals surface area contributed by atoms with Gasteiger partial charge in [-0.1, -0.05) is 13.8 Å². The van der Waals surface area contributed by atoms with Gasteiger partial charge in [-0.05, 0) is 12.8 Å². The summed E-state index contributed by atoms with van der Waals surface area (Å²) >= 11 is 0. The van der Waals surface area contributed by atoms with E-state index in [2.05, 4.69) is 16.9 Å². The minimum Gasteiger partial charge on any atom is -0.383 e. The van der Waals surface area contributed by atoms with E-state index in [0.29, 0.717) is 12.4 Å². The second-order valence-corrected chi connectivity index (χ2v) is 4.62. The Hall–Kier alpha value is -1.85. The van der Waals surface area contributed by atoms with E-state index in [9.17, 15) is 4.79 Å². The van der Waals surface area contributed by atoms with Crippen molar-refractivity contribution < 1.29 is 4.79 Å². The van der Waals surface area contributed by atoms with Crippen molar-refractivity contribution in [2.75, 3.05) is 37.8 Å². The number of anilines is 2. The van der Waals surface area contributed by atoms with Crippen LogP contribution in [0.4, 0.5) is 11.6 Å². The number of hydrogen-bond donors (Lipinski definition) is 1. The van der Waals surface area contributed by atoms with E-state index < -0.39 is 0 Å². The Balaban J connectivity index is 3.05. The summed E-state index contributed by atoms with van der Waals surface area (Å²) in [6.45, 7) is 5.16. The predicted molar refractivity (Wildman–Crippen MR) is 77.0 cm³/mol. The normalized spacial score (nSPS) is 10.3. The molecule has 1 rings (SSSR count). The molecule has 0 spiro atoms. The molecule has 6 nitrogen and oxygen atoms in total. The number of hydrogen-bond acceptors (Lipinski definition) is 5. The van der Waals surface area contributed by atoms with Crippen molar-refractivity contribution in [1.82, 2.24) is 14.9 Å². The van der Waals surface area contributed by atoms with Gasteiger partial charge in [0.15, 0.2) is 0 Å². The zero-order chi connectivity index (χ0) is 14.4. The summed E-state index contributed by atoms with van der Waals surface area (Å²) in [6, 6.07) is 0. The van der Waals surface area contributed by atoms with Gasteiger partial charge in [-0.2, -0.15) is 0 Å². The van der Waals surface area contributed by atoms with Gasteiger partial charge in [0, 0.05) is 26.2 Å². The minimum atomic E-state index is 0.0488. The van der Waals surface area contributed by atoms with Crippen LogP contribution < -0.4 is 10.6 Å². The van der Waals surface area contributed by atoms with Gasteiger partial charge in [0.1, 0.15) is 18.0 Å². The van der Waals surface area contributed by atoms with Crippen molar-refractivity contribution in [2.45, 2.75) is 26.7 Å². The van der Waals surface area contributed by atoms with Crippen molar-refractivity contribution >= 4 is 17.5 Å². The maximum atomic E-state index is 11.9. The average Bonchev–Trinajstić information content (AvgIpc) is 2.37. The summed E-state index contributed by atoms with van der Waals surface area (Å²) in [4.78, 5) is 23.8. The number of nitrogen functional groups attached to an aromatic ring is 1. The van der Waals surface area contributed by atoms with Crippen LogP contribution in [-0.4, -0.2) is 48.0 Å². The topological polar surface area (TPSA) is 75.4 Å². The lowest BCUT2D eigenvalue weighted by atomic mass is 10.2. The Morgan fingerprint density at radius 3 is 2.53 bits per heavy atom. The number of rotatable bonds is 6. The lowest BCUT2D eigenvalue weighted by Crippen LogP contribution is -2.38. The number of likely N-dealkylation sites (N-methyl/N-ethyl adjacent to an activating group) is 1. The third-order valence-electron chi connectivity index (χ3n) is 2.93. The standard InChI is InChI=1S/C13H23N5O/c1-5-7-18(8-11(19)17(3)4)13-10(6-2)12(14)15-9-16-13/h9H,5-8H2,1-4H3,(H2,14,15,16). The summed E-state index contributed by atoms with van der Waals surface area (Å²) in [5.41, 5.74) is 6.79. The van der Waals surface area contributed by atoms with Crippen molar-refractivity contribution in [3.8, 4) is 0 Å². The minimum absolute atomic E-state index is 0.0488. The summed E-state index contributed by atoms with van der Waals surface area (Å²) < 4.78 is 0. The molecule has 0 fully saturated rings. The van der Waals surface area contributed by atoms with E-state index >= 15 is 0 Å². The molecular weight excluding hydrogens is 242 g/mol. The molecule has 1 aromatic heterocycles. The third kappa shape index (κ3) is 3.81. The second-order valence-electron chi connectivity index (χ2n) is 4.62. The van der Waals surface area contributed by atoms with Gasteiger partial charge in [-0.25, -0.2) is 9.97 Å². The molecular formula is C13H23N5O. The van der Waals surface area contributed by atoms with Crippen LogP contribution in [0.2, 0.25) is 0 Å². The number of aromatic nitrogens is 2. The van der Waals surface area contributed by atoms with E-state index in [1.165, 1.54) is 6.33 Å². The first-order valence-corrected chi connectivity index (χ1v) is 6.55. The zero-order valence-corrected chi connectivity index (χ0v) is 12.2. The molecule has 2 N–H and O–H groups in total. The second kappa shape index (κ2) is 6.92. The molecule has 106 valence electrons. The summed E-state index contributed by atoms with van der Waals surface area (Å²) in [7, 11) is 3.50. The largest absolute Gasteiger partial charge is 0.383 e. The van der Waals surface area contributed by atoms with E-state index in [0.717, 1.165) is 30.8 Å². The van der Waals surface area contributed by atoms with Crippen molar-refractivity contribution in [3.05, 3.63) is 11.9 Å². The highest BCUT2D eigenvalue weighted by molar-refractivity contribution is 5.81. The highest BCUT2D eigenvalue weighted by Gasteiger charge is 2.17. The molecule has 0 saturated heterocycles. The SMILES string of the molecule is CCCN(CC(=O)N(C)C)c1ncnc(N)c1CC.